The topological polar surface area (TPSA) is 63.8 Å². The third-order valence-corrected chi connectivity index (χ3v) is 3.89. The summed E-state index contributed by atoms with van der Waals surface area (Å²) in [5, 5.41) is 13.0. The molecule has 0 aliphatic carbocycles. The highest BCUT2D eigenvalue weighted by Crippen LogP contribution is 2.32. The van der Waals surface area contributed by atoms with E-state index in [0.717, 1.165) is 15.6 Å². The zero-order valence-corrected chi connectivity index (χ0v) is 15.0. The number of hydrogen-bond acceptors (Lipinski definition) is 5. The molecule has 0 atom stereocenters. The van der Waals surface area contributed by atoms with Crippen LogP contribution in [0.15, 0.2) is 46.0 Å². The Kier molecular flexibility index (Phi) is 6.64. The number of benzene rings is 2. The Bertz CT molecular complexity index is 769. The first-order chi connectivity index (χ1) is 11.7. The van der Waals surface area contributed by atoms with Crippen molar-refractivity contribution in [1.29, 1.82) is 5.26 Å². The van der Waals surface area contributed by atoms with Gasteiger partial charge in [-0.15, -0.1) is 0 Å². The van der Waals surface area contributed by atoms with Gasteiger partial charge in [-0.1, -0.05) is 23.4 Å². The van der Waals surface area contributed by atoms with Gasteiger partial charge < -0.3 is 14.3 Å². The number of nitrogens with zero attached hydrogens (tertiary/aromatic N) is 2. The van der Waals surface area contributed by atoms with E-state index in [1.54, 1.807) is 19.4 Å². The second kappa shape index (κ2) is 8.94. The molecule has 2 aromatic rings. The minimum atomic E-state index is 0.228. The van der Waals surface area contributed by atoms with Gasteiger partial charge in [0.25, 0.3) is 0 Å². The van der Waals surface area contributed by atoms with E-state index < -0.39 is 0 Å². The van der Waals surface area contributed by atoms with E-state index in [9.17, 15) is 0 Å². The summed E-state index contributed by atoms with van der Waals surface area (Å²) in [5.74, 6) is 1.28. The summed E-state index contributed by atoms with van der Waals surface area (Å²) in [6, 6.07) is 13.0. The van der Waals surface area contributed by atoms with Crippen LogP contribution < -0.4 is 9.47 Å². The molecule has 0 bridgehead atoms. The zero-order chi connectivity index (χ0) is 17.4. The number of hydrogen-bond donors (Lipinski definition) is 0. The van der Waals surface area contributed by atoms with Gasteiger partial charge in [-0.3, -0.25) is 0 Å². The lowest BCUT2D eigenvalue weighted by Gasteiger charge is -2.11. The third kappa shape index (κ3) is 4.49. The van der Waals surface area contributed by atoms with Crippen molar-refractivity contribution >= 4 is 22.1 Å². The average molecular weight is 389 g/mol. The van der Waals surface area contributed by atoms with E-state index in [4.69, 9.17) is 19.6 Å². The maximum absolute atomic E-state index is 9.04. The molecule has 0 radical (unpaired) electrons. The summed E-state index contributed by atoms with van der Waals surface area (Å²) in [5.41, 5.74) is 2.17. The number of rotatable bonds is 7. The first-order valence-electron chi connectivity index (χ1n) is 7.33. The highest BCUT2D eigenvalue weighted by atomic mass is 79.9. The Hall–Kier alpha value is -2.52. The smallest absolute Gasteiger partial charge is 0.161 e. The van der Waals surface area contributed by atoms with Gasteiger partial charge in [-0.2, -0.15) is 5.26 Å². The van der Waals surface area contributed by atoms with Crippen LogP contribution in [0.25, 0.3) is 0 Å². The molecule has 24 heavy (non-hydrogen) atoms. The lowest BCUT2D eigenvalue weighted by atomic mass is 10.1. The average Bonchev–Trinajstić information content (AvgIpc) is 2.61. The molecule has 2 aromatic carbocycles. The summed E-state index contributed by atoms with van der Waals surface area (Å²) in [6.45, 7) is 2.67. The van der Waals surface area contributed by atoms with Crippen LogP contribution in [0.2, 0.25) is 0 Å². The molecule has 5 nitrogen and oxygen atoms in total. The van der Waals surface area contributed by atoms with Crippen molar-refractivity contribution in [2.75, 3.05) is 13.7 Å². The van der Waals surface area contributed by atoms with Gasteiger partial charge in [0.1, 0.15) is 6.61 Å². The SMILES string of the molecule is CCOc1cc(/C=N\OCc2ccccc2C#N)c(Br)cc1OC. The molecule has 2 rings (SSSR count). The number of halogens is 1. The predicted octanol–water partition coefficient (Wildman–Crippen LogP) is 4.28. The molecule has 0 amide bonds. The molecule has 0 saturated heterocycles. The minimum Gasteiger partial charge on any atom is -0.493 e. The molecule has 0 aliphatic rings. The van der Waals surface area contributed by atoms with E-state index in [1.165, 1.54) is 0 Å². The lowest BCUT2D eigenvalue weighted by Crippen LogP contribution is -1.98. The molecule has 0 unspecified atom stereocenters. The van der Waals surface area contributed by atoms with Gasteiger partial charge in [0.2, 0.25) is 0 Å². The summed E-state index contributed by atoms with van der Waals surface area (Å²) in [4.78, 5) is 5.30. The summed E-state index contributed by atoms with van der Waals surface area (Å²) in [6.07, 6.45) is 1.58. The van der Waals surface area contributed by atoms with Crippen LogP contribution in [0.5, 0.6) is 11.5 Å². The number of oxime groups is 1. The van der Waals surface area contributed by atoms with Crippen molar-refractivity contribution < 1.29 is 14.3 Å². The van der Waals surface area contributed by atoms with Gasteiger partial charge in [-0.25, -0.2) is 0 Å². The molecular formula is C18H17BrN2O3. The second-order valence-electron chi connectivity index (χ2n) is 4.73. The molecule has 0 N–H and O–H groups in total. The monoisotopic (exact) mass is 388 g/mol. The van der Waals surface area contributed by atoms with Crippen LogP contribution in [0.3, 0.4) is 0 Å². The maximum Gasteiger partial charge on any atom is 0.161 e. The minimum absolute atomic E-state index is 0.228. The second-order valence-corrected chi connectivity index (χ2v) is 5.59. The Balaban J connectivity index is 2.09. The van der Waals surface area contributed by atoms with Crippen LogP contribution >= 0.6 is 15.9 Å². The fourth-order valence-corrected chi connectivity index (χ4v) is 2.46. The molecule has 0 aromatic heterocycles. The van der Waals surface area contributed by atoms with Crippen LogP contribution in [0.1, 0.15) is 23.6 Å². The third-order valence-electron chi connectivity index (χ3n) is 3.21. The molecule has 0 spiro atoms. The Morgan fingerprint density at radius 2 is 2.04 bits per heavy atom. The normalized spacial score (nSPS) is 10.4. The summed E-state index contributed by atoms with van der Waals surface area (Å²) < 4.78 is 11.6. The maximum atomic E-state index is 9.04. The van der Waals surface area contributed by atoms with Crippen LogP contribution in [-0.4, -0.2) is 19.9 Å². The van der Waals surface area contributed by atoms with Gasteiger partial charge in [0, 0.05) is 15.6 Å². The fraction of sp³-hybridized carbons (Fsp3) is 0.222. The van der Waals surface area contributed by atoms with Gasteiger partial charge in [0.15, 0.2) is 11.5 Å². The molecule has 0 fully saturated rings. The summed E-state index contributed by atoms with van der Waals surface area (Å²) in [7, 11) is 1.59. The van der Waals surface area contributed by atoms with E-state index in [1.807, 2.05) is 37.3 Å². The molecular weight excluding hydrogens is 372 g/mol. The molecule has 124 valence electrons. The highest BCUT2D eigenvalue weighted by molar-refractivity contribution is 9.10. The van der Waals surface area contributed by atoms with Gasteiger partial charge in [-0.05, 0) is 41.1 Å². The summed E-state index contributed by atoms with van der Waals surface area (Å²) >= 11 is 3.47. The van der Waals surface area contributed by atoms with E-state index in [2.05, 4.69) is 27.2 Å². The first-order valence-corrected chi connectivity index (χ1v) is 8.12. The van der Waals surface area contributed by atoms with Crippen molar-refractivity contribution in [1.82, 2.24) is 0 Å². The Morgan fingerprint density at radius 3 is 2.75 bits per heavy atom. The highest BCUT2D eigenvalue weighted by Gasteiger charge is 2.09. The fourth-order valence-electron chi connectivity index (χ4n) is 2.03. The standard InChI is InChI=1S/C18H17BrN2O3/c1-3-23-18-8-15(16(19)9-17(18)22-2)11-21-24-12-14-7-5-4-6-13(14)10-20/h4-9,11H,3,12H2,1-2H3/b21-11-. The van der Waals surface area contributed by atoms with Gasteiger partial charge in [0.05, 0.1) is 31.6 Å². The van der Waals surface area contributed by atoms with Crippen LogP contribution in [-0.2, 0) is 11.4 Å². The molecule has 0 heterocycles. The van der Waals surface area contributed by atoms with E-state index in [0.29, 0.717) is 23.7 Å². The number of methoxy groups -OCH3 is 1. The van der Waals surface area contributed by atoms with Crippen molar-refractivity contribution in [3.63, 3.8) is 0 Å². The van der Waals surface area contributed by atoms with Crippen LogP contribution in [0.4, 0.5) is 0 Å². The van der Waals surface area contributed by atoms with Crippen molar-refractivity contribution in [3.8, 4) is 17.6 Å². The Morgan fingerprint density at radius 1 is 1.25 bits per heavy atom. The van der Waals surface area contributed by atoms with E-state index in [-0.39, 0.29) is 6.61 Å². The Labute approximate surface area is 149 Å². The first kappa shape index (κ1) is 17.8. The van der Waals surface area contributed by atoms with Crippen molar-refractivity contribution in [2.24, 2.45) is 5.16 Å². The van der Waals surface area contributed by atoms with Gasteiger partial charge >= 0.3 is 0 Å². The van der Waals surface area contributed by atoms with E-state index >= 15 is 0 Å². The lowest BCUT2D eigenvalue weighted by molar-refractivity contribution is 0.132. The predicted molar refractivity (Wildman–Crippen MR) is 95.4 cm³/mol. The molecule has 0 aliphatic heterocycles. The number of ether oxygens (including phenoxy) is 2. The largest absolute Gasteiger partial charge is 0.493 e. The zero-order valence-electron chi connectivity index (χ0n) is 13.5. The number of nitriles is 1. The van der Waals surface area contributed by atoms with Crippen LogP contribution in [0, 0.1) is 11.3 Å². The molecule has 0 saturated carbocycles. The van der Waals surface area contributed by atoms with Crippen molar-refractivity contribution in [3.05, 3.63) is 57.6 Å². The molecule has 6 heteroatoms. The quantitative estimate of drug-likeness (QED) is 0.524. The van der Waals surface area contributed by atoms with Crippen molar-refractivity contribution in [2.45, 2.75) is 13.5 Å².